The number of rotatable bonds is 5. The molecule has 2 aromatic carbocycles. The summed E-state index contributed by atoms with van der Waals surface area (Å²) in [6, 6.07) is 17.6. The van der Waals surface area contributed by atoms with Gasteiger partial charge >= 0.3 is 0 Å². The maximum Gasteiger partial charge on any atom is 0.115 e. The van der Waals surface area contributed by atoms with Crippen LogP contribution in [0.3, 0.4) is 0 Å². The van der Waals surface area contributed by atoms with E-state index in [9.17, 15) is 10.2 Å². The molecule has 0 aliphatic carbocycles. The Morgan fingerprint density at radius 3 is 2.60 bits per heavy atom. The van der Waals surface area contributed by atoms with Gasteiger partial charge in [0.1, 0.15) is 5.75 Å². The number of benzene rings is 2. The fourth-order valence-electron chi connectivity index (χ4n) is 3.96. The molecule has 1 fully saturated rings. The zero-order valence-electron chi connectivity index (χ0n) is 15.2. The molecular formula is C22H29NO2. The average molecular weight is 339 g/mol. The van der Waals surface area contributed by atoms with Crippen molar-refractivity contribution in [2.75, 3.05) is 19.6 Å². The fourth-order valence-corrected chi connectivity index (χ4v) is 3.96. The number of aliphatic hydroxyl groups excluding tert-OH is 1. The molecule has 0 aromatic heterocycles. The standard InChI is InChI=1S/C22H29NO2/c1-17-16-23(13-11-21(25)18-7-4-3-5-8-18)14-12-22(17,2)19-9-6-10-20(24)15-19/h3-10,15,17,21,24-25H,11-14,16H2,1-2H3/t17?,21-,22?/m1/s1. The molecule has 134 valence electrons. The summed E-state index contributed by atoms with van der Waals surface area (Å²) in [6.07, 6.45) is 1.44. The maximum absolute atomic E-state index is 10.4. The minimum Gasteiger partial charge on any atom is -0.508 e. The van der Waals surface area contributed by atoms with Gasteiger partial charge in [-0.25, -0.2) is 0 Å². The second-order valence-electron chi connectivity index (χ2n) is 7.63. The Morgan fingerprint density at radius 2 is 1.92 bits per heavy atom. The van der Waals surface area contributed by atoms with Crippen LogP contribution in [0.1, 0.15) is 43.9 Å². The van der Waals surface area contributed by atoms with E-state index in [2.05, 4.69) is 24.8 Å². The van der Waals surface area contributed by atoms with E-state index < -0.39 is 6.10 Å². The molecule has 2 N–H and O–H groups in total. The number of hydrogen-bond acceptors (Lipinski definition) is 3. The lowest BCUT2D eigenvalue weighted by Gasteiger charge is -2.45. The van der Waals surface area contributed by atoms with E-state index in [0.29, 0.717) is 11.7 Å². The summed E-state index contributed by atoms with van der Waals surface area (Å²) < 4.78 is 0. The molecule has 0 bridgehead atoms. The highest BCUT2D eigenvalue weighted by atomic mass is 16.3. The molecule has 0 radical (unpaired) electrons. The van der Waals surface area contributed by atoms with Gasteiger partial charge in [0.05, 0.1) is 6.10 Å². The number of aliphatic hydroxyl groups is 1. The number of phenols is 1. The van der Waals surface area contributed by atoms with E-state index in [4.69, 9.17) is 0 Å². The number of aromatic hydroxyl groups is 1. The number of likely N-dealkylation sites (tertiary alicyclic amines) is 1. The van der Waals surface area contributed by atoms with Crippen LogP contribution in [0.15, 0.2) is 54.6 Å². The van der Waals surface area contributed by atoms with Crippen LogP contribution in [-0.2, 0) is 5.41 Å². The van der Waals surface area contributed by atoms with E-state index >= 15 is 0 Å². The molecule has 0 amide bonds. The number of hydrogen-bond donors (Lipinski definition) is 2. The van der Waals surface area contributed by atoms with Crippen LogP contribution < -0.4 is 0 Å². The third-order valence-corrected chi connectivity index (χ3v) is 5.98. The van der Waals surface area contributed by atoms with Crippen molar-refractivity contribution in [3.8, 4) is 5.75 Å². The van der Waals surface area contributed by atoms with Gasteiger partial charge in [-0.3, -0.25) is 0 Å². The Kier molecular flexibility index (Phi) is 5.45. The van der Waals surface area contributed by atoms with Crippen LogP contribution in [-0.4, -0.2) is 34.7 Å². The zero-order chi connectivity index (χ0) is 17.9. The Bertz CT molecular complexity index is 687. The topological polar surface area (TPSA) is 43.7 Å². The molecule has 2 aromatic rings. The number of phenolic OH excluding ortho intramolecular Hbond substituents is 1. The Labute approximate surface area is 150 Å². The molecule has 1 heterocycles. The predicted octanol–water partition coefficient (Wildman–Crippen LogP) is 4.12. The van der Waals surface area contributed by atoms with Crippen molar-refractivity contribution in [3.63, 3.8) is 0 Å². The molecule has 2 unspecified atom stereocenters. The highest BCUT2D eigenvalue weighted by Crippen LogP contribution is 2.40. The smallest absolute Gasteiger partial charge is 0.115 e. The average Bonchev–Trinajstić information content (AvgIpc) is 2.63. The molecule has 1 aliphatic heterocycles. The maximum atomic E-state index is 10.4. The van der Waals surface area contributed by atoms with Gasteiger partial charge in [0.15, 0.2) is 0 Å². The molecule has 0 saturated carbocycles. The van der Waals surface area contributed by atoms with Crippen LogP contribution in [0.25, 0.3) is 0 Å². The van der Waals surface area contributed by atoms with Crippen molar-refractivity contribution in [3.05, 3.63) is 65.7 Å². The predicted molar refractivity (Wildman–Crippen MR) is 102 cm³/mol. The minimum absolute atomic E-state index is 0.0906. The van der Waals surface area contributed by atoms with Crippen LogP contribution in [0, 0.1) is 5.92 Å². The molecule has 1 saturated heterocycles. The number of nitrogens with zero attached hydrogens (tertiary/aromatic N) is 1. The molecular weight excluding hydrogens is 310 g/mol. The Hall–Kier alpha value is -1.84. The van der Waals surface area contributed by atoms with Crippen LogP contribution in [0.5, 0.6) is 5.75 Å². The molecule has 3 nitrogen and oxygen atoms in total. The van der Waals surface area contributed by atoms with Crippen molar-refractivity contribution >= 4 is 0 Å². The summed E-state index contributed by atoms with van der Waals surface area (Å²) in [5.74, 6) is 0.844. The second-order valence-corrected chi connectivity index (χ2v) is 7.63. The lowest BCUT2D eigenvalue weighted by Crippen LogP contribution is -2.47. The monoisotopic (exact) mass is 339 g/mol. The van der Waals surface area contributed by atoms with Crippen molar-refractivity contribution in [1.82, 2.24) is 4.90 Å². The van der Waals surface area contributed by atoms with Gasteiger partial charge in [0.25, 0.3) is 0 Å². The van der Waals surface area contributed by atoms with Crippen LogP contribution in [0.4, 0.5) is 0 Å². The first-order valence-corrected chi connectivity index (χ1v) is 9.24. The SMILES string of the molecule is CC1CN(CC[C@@H](O)c2ccccc2)CCC1(C)c1cccc(O)c1. The number of piperidine rings is 1. The third-order valence-electron chi connectivity index (χ3n) is 5.98. The largest absolute Gasteiger partial charge is 0.508 e. The Morgan fingerprint density at radius 1 is 1.16 bits per heavy atom. The highest BCUT2D eigenvalue weighted by molar-refractivity contribution is 5.33. The molecule has 25 heavy (non-hydrogen) atoms. The molecule has 3 heteroatoms. The molecule has 3 rings (SSSR count). The normalized spacial score (nSPS) is 25.6. The minimum atomic E-state index is -0.393. The second kappa shape index (κ2) is 7.59. The van der Waals surface area contributed by atoms with Gasteiger partial charge in [0.2, 0.25) is 0 Å². The molecule has 1 aliphatic rings. The first-order chi connectivity index (χ1) is 12.0. The lowest BCUT2D eigenvalue weighted by atomic mass is 9.68. The van der Waals surface area contributed by atoms with Gasteiger partial charge in [-0.1, -0.05) is 56.3 Å². The zero-order valence-corrected chi connectivity index (χ0v) is 15.2. The van der Waals surface area contributed by atoms with Gasteiger partial charge in [-0.2, -0.15) is 0 Å². The van der Waals surface area contributed by atoms with E-state index in [0.717, 1.165) is 38.0 Å². The first-order valence-electron chi connectivity index (χ1n) is 9.24. The highest BCUT2D eigenvalue weighted by Gasteiger charge is 2.38. The van der Waals surface area contributed by atoms with Crippen LogP contribution >= 0.6 is 0 Å². The summed E-state index contributed by atoms with van der Waals surface area (Å²) in [5.41, 5.74) is 2.31. The fraction of sp³-hybridized carbons (Fsp3) is 0.455. The summed E-state index contributed by atoms with van der Waals surface area (Å²) in [4.78, 5) is 2.46. The third kappa shape index (κ3) is 4.05. The Balaban J connectivity index is 1.58. The molecule has 0 spiro atoms. The summed E-state index contributed by atoms with van der Waals surface area (Å²) in [6.45, 7) is 7.56. The lowest BCUT2D eigenvalue weighted by molar-refractivity contribution is 0.0868. The first kappa shape index (κ1) is 18.0. The van der Waals surface area contributed by atoms with Crippen molar-refractivity contribution < 1.29 is 10.2 Å². The summed E-state index contributed by atoms with van der Waals surface area (Å²) >= 11 is 0. The van der Waals surface area contributed by atoms with Gasteiger partial charge < -0.3 is 15.1 Å². The van der Waals surface area contributed by atoms with Crippen molar-refractivity contribution in [1.29, 1.82) is 0 Å². The summed E-state index contributed by atoms with van der Waals surface area (Å²) in [7, 11) is 0. The quantitative estimate of drug-likeness (QED) is 0.861. The van der Waals surface area contributed by atoms with Gasteiger partial charge in [-0.15, -0.1) is 0 Å². The van der Waals surface area contributed by atoms with E-state index in [1.54, 1.807) is 6.07 Å². The van der Waals surface area contributed by atoms with Crippen molar-refractivity contribution in [2.24, 2.45) is 5.92 Å². The van der Waals surface area contributed by atoms with Crippen molar-refractivity contribution in [2.45, 2.75) is 38.2 Å². The van der Waals surface area contributed by atoms with Gasteiger partial charge in [0, 0.05) is 13.1 Å². The molecule has 3 atom stereocenters. The summed E-state index contributed by atoms with van der Waals surface area (Å²) in [5, 5.41) is 20.2. The van der Waals surface area contributed by atoms with E-state index in [1.807, 2.05) is 42.5 Å². The van der Waals surface area contributed by atoms with E-state index in [-0.39, 0.29) is 5.41 Å². The van der Waals surface area contributed by atoms with E-state index in [1.165, 1.54) is 5.56 Å². The van der Waals surface area contributed by atoms with Crippen LogP contribution in [0.2, 0.25) is 0 Å². The van der Waals surface area contributed by atoms with Gasteiger partial charge in [-0.05, 0) is 54.0 Å².